The summed E-state index contributed by atoms with van der Waals surface area (Å²) in [6.07, 6.45) is 2.06. The molecule has 0 heterocycles. The first-order valence-electron chi connectivity index (χ1n) is 6.65. The lowest BCUT2D eigenvalue weighted by Gasteiger charge is -2.07. The molecule has 0 saturated heterocycles. The summed E-state index contributed by atoms with van der Waals surface area (Å²) in [5.41, 5.74) is 1.94. The summed E-state index contributed by atoms with van der Waals surface area (Å²) < 4.78 is 5.64. The summed E-state index contributed by atoms with van der Waals surface area (Å²) in [6, 6.07) is 17.0. The number of nitriles is 1. The van der Waals surface area contributed by atoms with Crippen molar-refractivity contribution in [2.45, 2.75) is 19.3 Å². The number of rotatable bonds is 6. The number of nitrogens with zero attached hydrogens (tertiary/aromatic N) is 1. The van der Waals surface area contributed by atoms with Crippen molar-refractivity contribution < 1.29 is 9.84 Å². The van der Waals surface area contributed by atoms with Gasteiger partial charge in [-0.15, -0.1) is 0 Å². The largest absolute Gasteiger partial charge is 0.508 e. The topological polar surface area (TPSA) is 53.2 Å². The van der Waals surface area contributed by atoms with Gasteiger partial charge in [0.1, 0.15) is 11.5 Å². The van der Waals surface area contributed by atoms with Gasteiger partial charge in [-0.3, -0.25) is 0 Å². The minimum Gasteiger partial charge on any atom is -0.508 e. The fourth-order valence-electron chi connectivity index (χ4n) is 1.97. The van der Waals surface area contributed by atoms with Gasteiger partial charge in [0.15, 0.2) is 0 Å². The standard InChI is InChI=1S/C17H17NO2/c18-12-11-14-7-9-16(10-8-14)20-13-3-5-15-4-1-2-6-17(15)19/h1-2,4,6-10,19H,3,5,11,13H2. The summed E-state index contributed by atoms with van der Waals surface area (Å²) in [7, 11) is 0. The van der Waals surface area contributed by atoms with E-state index in [9.17, 15) is 5.11 Å². The number of ether oxygens (including phenoxy) is 1. The van der Waals surface area contributed by atoms with E-state index < -0.39 is 0 Å². The molecule has 0 spiro atoms. The summed E-state index contributed by atoms with van der Waals surface area (Å²) in [4.78, 5) is 0. The molecule has 0 bridgehead atoms. The van der Waals surface area contributed by atoms with Crippen LogP contribution in [0.5, 0.6) is 11.5 Å². The Morgan fingerprint density at radius 1 is 1.05 bits per heavy atom. The van der Waals surface area contributed by atoms with Crippen LogP contribution in [0.4, 0.5) is 0 Å². The molecule has 0 amide bonds. The fourth-order valence-corrected chi connectivity index (χ4v) is 1.97. The number of hydrogen-bond donors (Lipinski definition) is 1. The van der Waals surface area contributed by atoms with Crippen LogP contribution in [-0.2, 0) is 12.8 Å². The molecule has 3 nitrogen and oxygen atoms in total. The van der Waals surface area contributed by atoms with Crippen LogP contribution >= 0.6 is 0 Å². The quantitative estimate of drug-likeness (QED) is 0.815. The molecule has 0 fully saturated rings. The zero-order valence-electron chi connectivity index (χ0n) is 11.2. The predicted octanol–water partition coefficient (Wildman–Crippen LogP) is 3.47. The highest BCUT2D eigenvalue weighted by Crippen LogP contribution is 2.18. The zero-order chi connectivity index (χ0) is 14.2. The van der Waals surface area contributed by atoms with Gasteiger partial charge in [0.05, 0.1) is 19.1 Å². The Morgan fingerprint density at radius 2 is 1.80 bits per heavy atom. The maximum absolute atomic E-state index is 9.64. The Bertz CT molecular complexity index is 585. The lowest BCUT2D eigenvalue weighted by molar-refractivity contribution is 0.310. The molecule has 0 saturated carbocycles. The van der Waals surface area contributed by atoms with E-state index in [4.69, 9.17) is 10.00 Å². The normalized spacial score (nSPS) is 9.95. The molecular formula is C17H17NO2. The number of phenolic OH excluding ortho intramolecular Hbond substituents is 1. The molecule has 0 unspecified atom stereocenters. The first-order valence-corrected chi connectivity index (χ1v) is 6.65. The van der Waals surface area contributed by atoms with Crippen LogP contribution in [0.2, 0.25) is 0 Å². The third-order valence-corrected chi connectivity index (χ3v) is 3.06. The third-order valence-electron chi connectivity index (χ3n) is 3.06. The van der Waals surface area contributed by atoms with E-state index in [1.54, 1.807) is 6.07 Å². The number of aryl methyl sites for hydroxylation is 1. The first kappa shape index (κ1) is 14.0. The first-order chi connectivity index (χ1) is 9.79. The van der Waals surface area contributed by atoms with Gasteiger partial charge in [0.2, 0.25) is 0 Å². The molecule has 0 aliphatic rings. The van der Waals surface area contributed by atoms with E-state index in [0.717, 1.165) is 29.7 Å². The maximum Gasteiger partial charge on any atom is 0.119 e. The van der Waals surface area contributed by atoms with Crippen LogP contribution < -0.4 is 4.74 Å². The monoisotopic (exact) mass is 267 g/mol. The number of benzene rings is 2. The van der Waals surface area contributed by atoms with Gasteiger partial charge in [-0.25, -0.2) is 0 Å². The van der Waals surface area contributed by atoms with Crippen LogP contribution in [0.15, 0.2) is 48.5 Å². The molecule has 2 aromatic carbocycles. The lowest BCUT2D eigenvalue weighted by Crippen LogP contribution is -1.99. The Hall–Kier alpha value is -2.47. The fraction of sp³-hybridized carbons (Fsp3) is 0.235. The van der Waals surface area contributed by atoms with Gasteiger partial charge >= 0.3 is 0 Å². The molecular weight excluding hydrogens is 250 g/mol. The zero-order valence-corrected chi connectivity index (χ0v) is 11.2. The molecule has 1 N–H and O–H groups in total. The van der Waals surface area contributed by atoms with Gasteiger partial charge in [-0.1, -0.05) is 30.3 Å². The maximum atomic E-state index is 9.64. The van der Waals surface area contributed by atoms with Crippen LogP contribution in [0.3, 0.4) is 0 Å². The highest BCUT2D eigenvalue weighted by Gasteiger charge is 2.00. The van der Waals surface area contributed by atoms with Crippen molar-refractivity contribution in [2.75, 3.05) is 6.61 Å². The predicted molar refractivity (Wildman–Crippen MR) is 77.7 cm³/mol. The Kier molecular flexibility index (Phi) is 5.02. The second-order valence-electron chi connectivity index (χ2n) is 4.56. The number of aromatic hydroxyl groups is 1. The third kappa shape index (κ3) is 4.03. The van der Waals surface area contributed by atoms with Gasteiger partial charge < -0.3 is 9.84 Å². The molecule has 2 aromatic rings. The molecule has 0 aromatic heterocycles. The van der Waals surface area contributed by atoms with E-state index in [-0.39, 0.29) is 0 Å². The molecule has 0 aliphatic carbocycles. The minimum atomic E-state index is 0.341. The molecule has 102 valence electrons. The minimum absolute atomic E-state index is 0.341. The summed E-state index contributed by atoms with van der Waals surface area (Å²) in [5.74, 6) is 1.15. The van der Waals surface area contributed by atoms with Crippen molar-refractivity contribution in [1.82, 2.24) is 0 Å². The second-order valence-corrected chi connectivity index (χ2v) is 4.56. The average molecular weight is 267 g/mol. The molecule has 0 aliphatic heterocycles. The van der Waals surface area contributed by atoms with E-state index in [0.29, 0.717) is 18.8 Å². The molecule has 20 heavy (non-hydrogen) atoms. The summed E-state index contributed by atoms with van der Waals surface area (Å²) >= 11 is 0. The molecule has 3 heteroatoms. The SMILES string of the molecule is N#CCc1ccc(OCCCc2ccccc2O)cc1. The molecule has 0 radical (unpaired) electrons. The van der Waals surface area contributed by atoms with Crippen molar-refractivity contribution in [1.29, 1.82) is 5.26 Å². The van der Waals surface area contributed by atoms with Gasteiger partial charge in [0.25, 0.3) is 0 Å². The van der Waals surface area contributed by atoms with Crippen molar-refractivity contribution in [2.24, 2.45) is 0 Å². The van der Waals surface area contributed by atoms with E-state index >= 15 is 0 Å². The Balaban J connectivity index is 1.76. The number of hydrogen-bond acceptors (Lipinski definition) is 3. The average Bonchev–Trinajstić information content (AvgIpc) is 2.47. The van der Waals surface area contributed by atoms with Crippen LogP contribution in [-0.4, -0.2) is 11.7 Å². The van der Waals surface area contributed by atoms with Crippen LogP contribution in [0, 0.1) is 11.3 Å². The second kappa shape index (κ2) is 7.20. The van der Waals surface area contributed by atoms with Crippen molar-refractivity contribution in [3.63, 3.8) is 0 Å². The van der Waals surface area contributed by atoms with E-state index in [1.807, 2.05) is 42.5 Å². The number of phenols is 1. The van der Waals surface area contributed by atoms with Crippen molar-refractivity contribution in [3.05, 3.63) is 59.7 Å². The summed E-state index contributed by atoms with van der Waals surface area (Å²) in [5, 5.41) is 18.2. The lowest BCUT2D eigenvalue weighted by atomic mass is 10.1. The van der Waals surface area contributed by atoms with Crippen molar-refractivity contribution >= 4 is 0 Å². The van der Waals surface area contributed by atoms with E-state index in [2.05, 4.69) is 6.07 Å². The highest BCUT2D eigenvalue weighted by molar-refractivity contribution is 5.32. The molecule has 0 atom stereocenters. The Labute approximate surface area is 119 Å². The van der Waals surface area contributed by atoms with Gasteiger partial charge in [-0.2, -0.15) is 5.26 Å². The number of para-hydroxylation sites is 1. The van der Waals surface area contributed by atoms with Gasteiger partial charge in [-0.05, 0) is 42.2 Å². The van der Waals surface area contributed by atoms with Crippen LogP contribution in [0.25, 0.3) is 0 Å². The highest BCUT2D eigenvalue weighted by atomic mass is 16.5. The molecule has 2 rings (SSSR count). The summed E-state index contributed by atoms with van der Waals surface area (Å²) in [6.45, 7) is 0.603. The smallest absolute Gasteiger partial charge is 0.119 e. The Morgan fingerprint density at radius 3 is 2.50 bits per heavy atom. The van der Waals surface area contributed by atoms with E-state index in [1.165, 1.54) is 0 Å². The van der Waals surface area contributed by atoms with Crippen molar-refractivity contribution in [3.8, 4) is 17.6 Å². The van der Waals surface area contributed by atoms with Crippen LogP contribution in [0.1, 0.15) is 17.5 Å². The van der Waals surface area contributed by atoms with Gasteiger partial charge in [0, 0.05) is 0 Å².